The number of para-hydroxylation sites is 1. The lowest BCUT2D eigenvalue weighted by molar-refractivity contribution is -0.136. The van der Waals surface area contributed by atoms with E-state index in [1.165, 1.54) is 23.5 Å². The summed E-state index contributed by atoms with van der Waals surface area (Å²) in [6, 6.07) is 34.8. The zero-order valence-corrected chi connectivity index (χ0v) is 34.3. The minimum atomic E-state index is -0.882. The van der Waals surface area contributed by atoms with Gasteiger partial charge in [-0.25, -0.2) is 0 Å². The van der Waals surface area contributed by atoms with Crippen molar-refractivity contribution < 1.29 is 9.90 Å². The second-order valence-electron chi connectivity index (χ2n) is 12.1. The first-order chi connectivity index (χ1) is 28.7. The molecule has 292 valence electrons. The number of nitrogens with zero attached hydrogens (tertiary/aromatic N) is 15. The highest BCUT2D eigenvalue weighted by Gasteiger charge is 2.14. The number of aryl methyl sites for hydroxylation is 1. The van der Waals surface area contributed by atoms with E-state index >= 15 is 0 Å². The van der Waals surface area contributed by atoms with E-state index in [9.17, 15) is 4.79 Å². The molecule has 9 rings (SSSR count). The lowest BCUT2D eigenvalue weighted by atomic mass is 10.1. The van der Waals surface area contributed by atoms with Gasteiger partial charge in [-0.2, -0.15) is 0 Å². The number of carbonyl (C=O) groups is 1. The predicted molar refractivity (Wildman–Crippen MR) is 226 cm³/mol. The van der Waals surface area contributed by atoms with Crippen LogP contribution in [-0.4, -0.2) is 86.6 Å². The van der Waals surface area contributed by atoms with Crippen molar-refractivity contribution in [2.75, 3.05) is 0 Å². The van der Waals surface area contributed by atoms with E-state index in [1.54, 1.807) is 73.2 Å². The molecule has 9 aromatic rings. The van der Waals surface area contributed by atoms with E-state index in [0.717, 1.165) is 11.4 Å². The molecule has 0 spiro atoms. The molecule has 0 amide bonds. The molecule has 3 aromatic carbocycles. The molecule has 0 aliphatic carbocycles. The summed E-state index contributed by atoms with van der Waals surface area (Å²) in [6.45, 7) is 2.07. The summed E-state index contributed by atoms with van der Waals surface area (Å²) in [5.41, 5.74) is 5.94. The summed E-state index contributed by atoms with van der Waals surface area (Å²) in [6.07, 6.45) is 4.99. The van der Waals surface area contributed by atoms with Crippen molar-refractivity contribution >= 4 is 51.8 Å². The summed E-state index contributed by atoms with van der Waals surface area (Å²) < 4.78 is 1.17. The number of hydrogen-bond acceptors (Lipinski definition) is 13. The number of rotatable bonds is 8. The van der Waals surface area contributed by atoms with Crippen molar-refractivity contribution in [2.45, 2.75) is 13.3 Å². The minimum Gasteiger partial charge on any atom is -0.481 e. The van der Waals surface area contributed by atoms with E-state index in [0.29, 0.717) is 55.8 Å². The van der Waals surface area contributed by atoms with Gasteiger partial charge in [-0.15, -0.1) is 45.0 Å². The number of benzene rings is 3. The molecule has 0 saturated heterocycles. The van der Waals surface area contributed by atoms with Gasteiger partial charge in [0.15, 0.2) is 0 Å². The molecule has 6 aromatic heterocycles. The molecular formula is C39H28Cl2IN15O2. The highest BCUT2D eigenvalue weighted by molar-refractivity contribution is 14.1. The van der Waals surface area contributed by atoms with Crippen LogP contribution < -0.4 is 0 Å². The molecule has 6 heterocycles. The molecule has 20 heteroatoms. The number of tetrazole rings is 3. The zero-order valence-electron chi connectivity index (χ0n) is 30.6. The molecule has 0 saturated carbocycles. The van der Waals surface area contributed by atoms with Crippen LogP contribution in [-0.2, 0) is 11.2 Å². The van der Waals surface area contributed by atoms with Gasteiger partial charge < -0.3 is 5.11 Å². The SMILES string of the molecule is Cc1ccc(-n2nnc(-c3ccccn3)n2)cc1I.Clc1cccc(Cl)c1-n1nnc(-c2ccccn2)n1.O=C(O)Cc1cccc(-n2nnc(-c3ccccn3)n2)c1. The first kappa shape index (κ1) is 40.3. The molecule has 0 unspecified atom stereocenters. The minimum absolute atomic E-state index is 0.0460. The summed E-state index contributed by atoms with van der Waals surface area (Å²) in [4.78, 5) is 27.4. The van der Waals surface area contributed by atoms with Gasteiger partial charge in [0.05, 0.1) is 27.8 Å². The Bertz CT molecular complexity index is 2780. The monoisotopic (exact) mass is 935 g/mol. The second-order valence-corrected chi connectivity index (χ2v) is 14.1. The van der Waals surface area contributed by atoms with Gasteiger partial charge in [0.1, 0.15) is 22.8 Å². The van der Waals surface area contributed by atoms with Crippen molar-refractivity contribution in [1.29, 1.82) is 0 Å². The Kier molecular flexibility index (Phi) is 13.0. The Labute approximate surface area is 358 Å². The topological polar surface area (TPSA) is 207 Å². The van der Waals surface area contributed by atoms with Crippen molar-refractivity contribution in [2.24, 2.45) is 0 Å². The smallest absolute Gasteiger partial charge is 0.307 e. The van der Waals surface area contributed by atoms with Crippen molar-refractivity contribution in [3.8, 4) is 51.6 Å². The third-order valence-corrected chi connectivity index (χ3v) is 9.72. The van der Waals surface area contributed by atoms with Gasteiger partial charge in [-0.3, -0.25) is 19.7 Å². The van der Waals surface area contributed by atoms with Crippen molar-refractivity contribution in [3.05, 3.63) is 159 Å². The quantitative estimate of drug-likeness (QED) is 0.152. The van der Waals surface area contributed by atoms with Gasteiger partial charge in [0, 0.05) is 22.2 Å². The van der Waals surface area contributed by atoms with Crippen LogP contribution in [0.5, 0.6) is 0 Å². The maximum Gasteiger partial charge on any atom is 0.307 e. The number of carboxylic acid groups (broad SMARTS) is 1. The highest BCUT2D eigenvalue weighted by atomic mass is 127. The Morgan fingerprint density at radius 2 is 1.07 bits per heavy atom. The highest BCUT2D eigenvalue weighted by Crippen LogP contribution is 2.27. The predicted octanol–water partition coefficient (Wildman–Crippen LogP) is 7.02. The number of halogens is 3. The lowest BCUT2D eigenvalue weighted by Crippen LogP contribution is -2.03. The van der Waals surface area contributed by atoms with Crippen LogP contribution in [0.1, 0.15) is 11.1 Å². The third-order valence-electron chi connectivity index (χ3n) is 7.94. The fourth-order valence-corrected chi connectivity index (χ4v) is 6.15. The van der Waals surface area contributed by atoms with Crippen molar-refractivity contribution in [3.63, 3.8) is 0 Å². The molecule has 0 bridgehead atoms. The lowest BCUT2D eigenvalue weighted by Gasteiger charge is -2.03. The number of aliphatic carboxylic acids is 1. The number of aromatic nitrogens is 15. The average Bonchev–Trinajstić information content (AvgIpc) is 4.06. The Morgan fingerprint density at radius 1 is 0.593 bits per heavy atom. The van der Waals surface area contributed by atoms with Gasteiger partial charge in [0.2, 0.25) is 17.5 Å². The van der Waals surface area contributed by atoms with Gasteiger partial charge >= 0.3 is 5.97 Å². The fraction of sp³-hybridized carbons (Fsp3) is 0.0513. The molecule has 17 nitrogen and oxygen atoms in total. The van der Waals surface area contributed by atoms with Crippen LogP contribution in [0.25, 0.3) is 51.6 Å². The first-order valence-electron chi connectivity index (χ1n) is 17.4. The van der Waals surface area contributed by atoms with Crippen LogP contribution in [0, 0.1) is 10.5 Å². The van der Waals surface area contributed by atoms with E-state index in [-0.39, 0.29) is 6.42 Å². The summed E-state index contributed by atoms with van der Waals surface area (Å²) >= 11 is 14.5. The maximum atomic E-state index is 10.7. The van der Waals surface area contributed by atoms with Crippen LogP contribution in [0.2, 0.25) is 10.0 Å². The van der Waals surface area contributed by atoms with Crippen LogP contribution in [0.3, 0.4) is 0 Å². The zero-order chi connectivity index (χ0) is 41.1. The van der Waals surface area contributed by atoms with Gasteiger partial charge in [0.25, 0.3) is 0 Å². The number of hydrogen-bond donors (Lipinski definition) is 1. The average molecular weight is 937 g/mol. The van der Waals surface area contributed by atoms with Gasteiger partial charge in [-0.05, 0) is 129 Å². The van der Waals surface area contributed by atoms with Crippen LogP contribution in [0.4, 0.5) is 0 Å². The first-order valence-corrected chi connectivity index (χ1v) is 19.2. The fourth-order valence-electron chi connectivity index (χ4n) is 5.10. The maximum absolute atomic E-state index is 10.7. The van der Waals surface area contributed by atoms with E-state index in [2.05, 4.69) is 90.7 Å². The van der Waals surface area contributed by atoms with E-state index in [1.807, 2.05) is 60.7 Å². The normalized spacial score (nSPS) is 10.6. The molecule has 1 N–H and O–H groups in total. The number of carboxylic acids is 1. The summed E-state index contributed by atoms with van der Waals surface area (Å²) in [5, 5.41) is 46.5. The summed E-state index contributed by atoms with van der Waals surface area (Å²) in [5.74, 6) is 0.472. The van der Waals surface area contributed by atoms with Crippen LogP contribution in [0.15, 0.2) is 134 Å². The molecule has 0 aliphatic rings. The summed E-state index contributed by atoms with van der Waals surface area (Å²) in [7, 11) is 0. The van der Waals surface area contributed by atoms with Crippen LogP contribution >= 0.6 is 45.8 Å². The standard InChI is InChI=1S/C14H11N5O2.C13H10IN5.C12H7Cl2N5/c20-13(21)9-10-4-3-5-11(8-10)19-17-14(16-18-19)12-6-1-2-7-15-12;1-9-5-6-10(8-11(9)14)19-17-13(16-18-19)12-4-2-3-7-15-12;13-8-4-3-5-9(14)11(8)19-17-12(16-18-19)10-6-1-2-7-15-10/h1-8H,9H2,(H,20,21);2-8H,1H3;1-7H. The molecular weight excluding hydrogens is 908 g/mol. The second kappa shape index (κ2) is 19.0. The molecule has 0 fully saturated rings. The number of pyridine rings is 3. The molecule has 0 aliphatic heterocycles. The molecule has 0 radical (unpaired) electrons. The Hall–Kier alpha value is -6.90. The van der Waals surface area contributed by atoms with Gasteiger partial charge in [-0.1, -0.05) is 65.7 Å². The molecule has 0 atom stereocenters. The Balaban J connectivity index is 0.000000134. The van der Waals surface area contributed by atoms with E-state index < -0.39 is 5.97 Å². The largest absolute Gasteiger partial charge is 0.481 e. The third kappa shape index (κ3) is 10.3. The van der Waals surface area contributed by atoms with E-state index in [4.69, 9.17) is 28.3 Å². The molecule has 59 heavy (non-hydrogen) atoms. The Morgan fingerprint density at radius 3 is 1.54 bits per heavy atom. The van der Waals surface area contributed by atoms with Crippen molar-refractivity contribution in [1.82, 2.24) is 75.6 Å².